The van der Waals surface area contributed by atoms with Gasteiger partial charge in [0.1, 0.15) is 11.6 Å². The third kappa shape index (κ3) is 2.98. The Kier molecular flexibility index (Phi) is 4.02. The monoisotopic (exact) mass is 287 g/mol. The van der Waals surface area contributed by atoms with E-state index in [1.165, 1.54) is 17.7 Å². The second-order valence-corrected chi connectivity index (χ2v) is 5.77. The van der Waals surface area contributed by atoms with Gasteiger partial charge in [-0.1, -0.05) is 24.3 Å². The molecule has 2 aromatic carbocycles. The average molecular weight is 287 g/mol. The molecule has 3 heteroatoms. The first-order chi connectivity index (χ1) is 10.1. The molecule has 110 valence electrons. The molecule has 2 aromatic rings. The van der Waals surface area contributed by atoms with Crippen molar-refractivity contribution in [2.75, 3.05) is 13.1 Å². The zero-order valence-electron chi connectivity index (χ0n) is 12.1. The summed E-state index contributed by atoms with van der Waals surface area (Å²) in [5.41, 5.74) is 2.99. The predicted octanol–water partition coefficient (Wildman–Crippen LogP) is 4.13. The molecule has 0 saturated carbocycles. The molecular weight excluding hydrogens is 268 g/mol. The molecule has 1 fully saturated rings. The number of nitrogens with one attached hydrogen (secondary N) is 1. The van der Waals surface area contributed by atoms with Crippen molar-refractivity contribution >= 4 is 0 Å². The number of hydrogen-bond donors (Lipinski definition) is 1. The van der Waals surface area contributed by atoms with Crippen molar-refractivity contribution in [2.24, 2.45) is 0 Å². The molecule has 2 unspecified atom stereocenters. The van der Waals surface area contributed by atoms with Gasteiger partial charge in [-0.2, -0.15) is 0 Å². The summed E-state index contributed by atoms with van der Waals surface area (Å²) >= 11 is 0. The Morgan fingerprint density at radius 2 is 1.67 bits per heavy atom. The lowest BCUT2D eigenvalue weighted by Crippen LogP contribution is -2.34. The molecule has 1 nitrogen and oxygen atoms in total. The van der Waals surface area contributed by atoms with Crippen LogP contribution in [0.1, 0.15) is 34.9 Å². The standard InChI is InChI=1S/C18H19F2N/c1-12-10-14(4-7-18(12)20)16-8-9-21-11-17(16)13-2-5-15(19)6-3-13/h2-7,10,16-17,21H,8-9,11H2,1H3. The maximum Gasteiger partial charge on any atom is 0.126 e. The van der Waals surface area contributed by atoms with Crippen molar-refractivity contribution in [1.29, 1.82) is 0 Å². The first kappa shape index (κ1) is 14.2. The van der Waals surface area contributed by atoms with Crippen LogP contribution in [0.2, 0.25) is 0 Å². The van der Waals surface area contributed by atoms with Crippen LogP contribution < -0.4 is 5.32 Å². The topological polar surface area (TPSA) is 12.0 Å². The summed E-state index contributed by atoms with van der Waals surface area (Å²) in [6.07, 6.45) is 1.01. The Balaban J connectivity index is 1.94. The summed E-state index contributed by atoms with van der Waals surface area (Å²) in [5.74, 6) is 0.267. The molecule has 1 aliphatic rings. The molecule has 0 aromatic heterocycles. The summed E-state index contributed by atoms with van der Waals surface area (Å²) in [6, 6.07) is 12.1. The van der Waals surface area contributed by atoms with E-state index < -0.39 is 0 Å². The highest BCUT2D eigenvalue weighted by molar-refractivity contribution is 5.33. The van der Waals surface area contributed by atoms with E-state index in [2.05, 4.69) is 5.32 Å². The second-order valence-electron chi connectivity index (χ2n) is 5.77. The van der Waals surface area contributed by atoms with Gasteiger partial charge < -0.3 is 5.32 Å². The summed E-state index contributed by atoms with van der Waals surface area (Å²) in [5, 5.41) is 3.41. The molecule has 0 radical (unpaired) electrons. The molecule has 1 heterocycles. The molecule has 2 atom stereocenters. The minimum atomic E-state index is -0.211. The lowest BCUT2D eigenvalue weighted by atomic mass is 9.77. The van der Waals surface area contributed by atoms with E-state index in [4.69, 9.17) is 0 Å². The van der Waals surface area contributed by atoms with Gasteiger partial charge in [0.2, 0.25) is 0 Å². The summed E-state index contributed by atoms with van der Waals surface area (Å²) in [7, 11) is 0. The van der Waals surface area contributed by atoms with E-state index in [-0.39, 0.29) is 11.6 Å². The fourth-order valence-electron chi connectivity index (χ4n) is 3.22. The molecule has 1 aliphatic heterocycles. The largest absolute Gasteiger partial charge is 0.316 e. The molecule has 0 bridgehead atoms. The highest BCUT2D eigenvalue weighted by Crippen LogP contribution is 2.37. The maximum absolute atomic E-state index is 13.5. The highest BCUT2D eigenvalue weighted by Gasteiger charge is 2.28. The molecule has 0 amide bonds. The van der Waals surface area contributed by atoms with Crippen LogP contribution in [-0.2, 0) is 0 Å². The number of hydrogen-bond acceptors (Lipinski definition) is 1. The number of rotatable bonds is 2. The third-order valence-corrected chi connectivity index (χ3v) is 4.39. The summed E-state index contributed by atoms with van der Waals surface area (Å²) < 4.78 is 26.6. The quantitative estimate of drug-likeness (QED) is 0.875. The normalized spacial score (nSPS) is 22.2. The predicted molar refractivity (Wildman–Crippen MR) is 80.5 cm³/mol. The van der Waals surface area contributed by atoms with E-state index in [0.717, 1.165) is 25.1 Å². The minimum Gasteiger partial charge on any atom is -0.316 e. The molecule has 1 N–H and O–H groups in total. The minimum absolute atomic E-state index is 0.161. The zero-order chi connectivity index (χ0) is 14.8. The smallest absolute Gasteiger partial charge is 0.126 e. The van der Waals surface area contributed by atoms with Crippen molar-refractivity contribution in [3.05, 3.63) is 70.8 Å². The van der Waals surface area contributed by atoms with Gasteiger partial charge in [0.05, 0.1) is 0 Å². The van der Waals surface area contributed by atoms with Crippen LogP contribution in [0.3, 0.4) is 0 Å². The molecular formula is C18H19F2N. The lowest BCUT2D eigenvalue weighted by Gasteiger charge is -2.33. The molecule has 1 saturated heterocycles. The highest BCUT2D eigenvalue weighted by atomic mass is 19.1. The van der Waals surface area contributed by atoms with Crippen LogP contribution in [-0.4, -0.2) is 13.1 Å². The maximum atomic E-state index is 13.5. The van der Waals surface area contributed by atoms with Gasteiger partial charge in [0, 0.05) is 12.5 Å². The van der Waals surface area contributed by atoms with Gasteiger partial charge in [-0.3, -0.25) is 0 Å². The zero-order valence-corrected chi connectivity index (χ0v) is 12.1. The molecule has 21 heavy (non-hydrogen) atoms. The first-order valence-electron chi connectivity index (χ1n) is 7.37. The Bertz CT molecular complexity index is 622. The van der Waals surface area contributed by atoms with Gasteiger partial charge in [-0.25, -0.2) is 8.78 Å². The van der Waals surface area contributed by atoms with E-state index >= 15 is 0 Å². The van der Waals surface area contributed by atoms with Gasteiger partial charge in [0.15, 0.2) is 0 Å². The summed E-state index contributed by atoms with van der Waals surface area (Å²) in [6.45, 7) is 3.62. The van der Waals surface area contributed by atoms with Gasteiger partial charge >= 0.3 is 0 Å². The lowest BCUT2D eigenvalue weighted by molar-refractivity contribution is 0.403. The Morgan fingerprint density at radius 1 is 0.952 bits per heavy atom. The van der Waals surface area contributed by atoms with Crippen molar-refractivity contribution in [1.82, 2.24) is 5.32 Å². The van der Waals surface area contributed by atoms with Crippen molar-refractivity contribution in [2.45, 2.75) is 25.2 Å². The Morgan fingerprint density at radius 3 is 2.38 bits per heavy atom. The van der Waals surface area contributed by atoms with E-state index in [9.17, 15) is 8.78 Å². The summed E-state index contributed by atoms with van der Waals surface area (Å²) in [4.78, 5) is 0. The van der Waals surface area contributed by atoms with Crippen molar-refractivity contribution in [3.63, 3.8) is 0 Å². The fraction of sp³-hybridized carbons (Fsp3) is 0.333. The van der Waals surface area contributed by atoms with Gasteiger partial charge in [0.25, 0.3) is 0 Å². The Hall–Kier alpha value is -1.74. The van der Waals surface area contributed by atoms with Gasteiger partial charge in [-0.05, 0) is 60.7 Å². The van der Waals surface area contributed by atoms with Gasteiger partial charge in [-0.15, -0.1) is 0 Å². The second kappa shape index (κ2) is 5.94. The van der Waals surface area contributed by atoms with E-state index in [0.29, 0.717) is 17.4 Å². The Labute approximate surface area is 124 Å². The molecule has 0 spiro atoms. The van der Waals surface area contributed by atoms with Crippen LogP contribution in [0, 0.1) is 18.6 Å². The molecule has 0 aliphatic carbocycles. The van der Waals surface area contributed by atoms with Crippen LogP contribution in [0.4, 0.5) is 8.78 Å². The van der Waals surface area contributed by atoms with Crippen molar-refractivity contribution < 1.29 is 8.78 Å². The van der Waals surface area contributed by atoms with Crippen LogP contribution in [0.25, 0.3) is 0 Å². The third-order valence-electron chi connectivity index (χ3n) is 4.39. The van der Waals surface area contributed by atoms with E-state index in [1.807, 2.05) is 24.3 Å². The number of aryl methyl sites for hydroxylation is 1. The average Bonchev–Trinajstić information content (AvgIpc) is 2.51. The first-order valence-corrected chi connectivity index (χ1v) is 7.37. The number of piperidine rings is 1. The fourth-order valence-corrected chi connectivity index (χ4v) is 3.22. The molecule has 3 rings (SSSR count). The van der Waals surface area contributed by atoms with Crippen LogP contribution in [0.5, 0.6) is 0 Å². The number of halogens is 2. The van der Waals surface area contributed by atoms with Crippen molar-refractivity contribution in [3.8, 4) is 0 Å². The van der Waals surface area contributed by atoms with Crippen LogP contribution in [0.15, 0.2) is 42.5 Å². The number of benzene rings is 2. The van der Waals surface area contributed by atoms with Crippen LogP contribution >= 0.6 is 0 Å². The van der Waals surface area contributed by atoms with E-state index in [1.54, 1.807) is 13.0 Å². The SMILES string of the molecule is Cc1cc(C2CCNCC2c2ccc(F)cc2)ccc1F.